The highest BCUT2D eigenvalue weighted by atomic mass is 16.5. The monoisotopic (exact) mass is 178 g/mol. The van der Waals surface area contributed by atoms with Gasteiger partial charge in [0.15, 0.2) is 0 Å². The molecule has 0 radical (unpaired) electrons. The second-order valence-electron chi connectivity index (χ2n) is 3.29. The minimum absolute atomic E-state index is 0.706. The lowest BCUT2D eigenvalue weighted by atomic mass is 9.90. The Morgan fingerprint density at radius 2 is 2.15 bits per heavy atom. The summed E-state index contributed by atoms with van der Waals surface area (Å²) < 4.78 is 5.50. The highest BCUT2D eigenvalue weighted by molar-refractivity contribution is 5.36. The highest BCUT2D eigenvalue weighted by Gasteiger charge is 2.13. The standard InChI is InChI=1S/C12H18O/c1-4-12(13-5-2)11-9-7-6-8-10(11)3/h4H,1,3,5-9H2,2H3/b12-11+. The van der Waals surface area contributed by atoms with Gasteiger partial charge in [0, 0.05) is 0 Å². The molecule has 13 heavy (non-hydrogen) atoms. The molecule has 1 rings (SSSR count). The van der Waals surface area contributed by atoms with E-state index in [1.54, 1.807) is 6.08 Å². The van der Waals surface area contributed by atoms with Crippen LogP contribution in [0.25, 0.3) is 0 Å². The molecular formula is C12H18O. The summed E-state index contributed by atoms with van der Waals surface area (Å²) >= 11 is 0. The third kappa shape index (κ3) is 2.48. The van der Waals surface area contributed by atoms with Crippen molar-refractivity contribution in [3.05, 3.63) is 36.1 Å². The topological polar surface area (TPSA) is 9.23 Å². The van der Waals surface area contributed by atoms with Crippen LogP contribution in [0, 0.1) is 0 Å². The van der Waals surface area contributed by atoms with E-state index in [-0.39, 0.29) is 0 Å². The van der Waals surface area contributed by atoms with Crippen LogP contribution in [-0.4, -0.2) is 6.61 Å². The van der Waals surface area contributed by atoms with Gasteiger partial charge in [0.2, 0.25) is 0 Å². The molecule has 0 heterocycles. The van der Waals surface area contributed by atoms with Crippen LogP contribution in [0.15, 0.2) is 36.1 Å². The van der Waals surface area contributed by atoms with Gasteiger partial charge in [0.25, 0.3) is 0 Å². The third-order valence-electron chi connectivity index (χ3n) is 2.36. The van der Waals surface area contributed by atoms with E-state index < -0.39 is 0 Å². The van der Waals surface area contributed by atoms with Gasteiger partial charge in [0.05, 0.1) is 6.61 Å². The zero-order valence-corrected chi connectivity index (χ0v) is 8.44. The van der Waals surface area contributed by atoms with Gasteiger partial charge in [-0.15, -0.1) is 0 Å². The lowest BCUT2D eigenvalue weighted by Gasteiger charge is -2.19. The van der Waals surface area contributed by atoms with Crippen molar-refractivity contribution in [3.8, 4) is 0 Å². The molecule has 0 N–H and O–H groups in total. The molecule has 0 unspecified atom stereocenters. The molecule has 0 bridgehead atoms. The van der Waals surface area contributed by atoms with Crippen molar-refractivity contribution in [2.24, 2.45) is 0 Å². The highest BCUT2D eigenvalue weighted by Crippen LogP contribution is 2.30. The second kappa shape index (κ2) is 4.90. The van der Waals surface area contributed by atoms with Crippen molar-refractivity contribution < 1.29 is 4.74 Å². The maximum absolute atomic E-state index is 5.50. The molecule has 1 fully saturated rings. The molecule has 1 saturated carbocycles. The lowest BCUT2D eigenvalue weighted by Crippen LogP contribution is -2.03. The van der Waals surface area contributed by atoms with Crippen LogP contribution in [-0.2, 0) is 4.74 Å². The van der Waals surface area contributed by atoms with Gasteiger partial charge < -0.3 is 4.74 Å². The van der Waals surface area contributed by atoms with E-state index >= 15 is 0 Å². The molecule has 0 aliphatic heterocycles. The first kappa shape index (κ1) is 10.1. The summed E-state index contributed by atoms with van der Waals surface area (Å²) in [5.74, 6) is 0.937. The predicted molar refractivity (Wildman–Crippen MR) is 56.5 cm³/mol. The van der Waals surface area contributed by atoms with Crippen LogP contribution in [0.3, 0.4) is 0 Å². The fourth-order valence-electron chi connectivity index (χ4n) is 1.69. The van der Waals surface area contributed by atoms with Gasteiger partial charge in [-0.3, -0.25) is 0 Å². The first-order valence-corrected chi connectivity index (χ1v) is 4.96. The van der Waals surface area contributed by atoms with E-state index in [9.17, 15) is 0 Å². The van der Waals surface area contributed by atoms with Crippen LogP contribution in [0.2, 0.25) is 0 Å². The third-order valence-corrected chi connectivity index (χ3v) is 2.36. The molecular weight excluding hydrogens is 160 g/mol. The van der Waals surface area contributed by atoms with Gasteiger partial charge in [-0.05, 0) is 49.8 Å². The first-order valence-electron chi connectivity index (χ1n) is 4.96. The Balaban J connectivity index is 2.82. The zero-order chi connectivity index (χ0) is 9.68. The van der Waals surface area contributed by atoms with Gasteiger partial charge >= 0.3 is 0 Å². The molecule has 0 aromatic rings. The molecule has 0 aromatic carbocycles. The Hall–Kier alpha value is -0.980. The number of hydrogen-bond acceptors (Lipinski definition) is 1. The van der Waals surface area contributed by atoms with E-state index in [4.69, 9.17) is 4.74 Å². The Morgan fingerprint density at radius 1 is 1.46 bits per heavy atom. The molecule has 0 spiro atoms. The molecule has 1 heteroatoms. The number of ether oxygens (including phenoxy) is 1. The van der Waals surface area contributed by atoms with Crippen LogP contribution < -0.4 is 0 Å². The van der Waals surface area contributed by atoms with Crippen molar-refractivity contribution in [2.75, 3.05) is 6.61 Å². The summed E-state index contributed by atoms with van der Waals surface area (Å²) in [6, 6.07) is 0. The van der Waals surface area contributed by atoms with Gasteiger partial charge in [-0.1, -0.05) is 13.2 Å². The van der Waals surface area contributed by atoms with E-state index in [1.165, 1.54) is 24.0 Å². The smallest absolute Gasteiger partial charge is 0.122 e. The maximum atomic E-state index is 5.50. The van der Waals surface area contributed by atoms with E-state index in [0.29, 0.717) is 6.61 Å². The summed E-state index contributed by atoms with van der Waals surface area (Å²) in [5.41, 5.74) is 2.51. The fraction of sp³-hybridized carbons (Fsp3) is 0.500. The lowest BCUT2D eigenvalue weighted by molar-refractivity contribution is 0.237. The van der Waals surface area contributed by atoms with Crippen LogP contribution >= 0.6 is 0 Å². The number of rotatable bonds is 3. The molecule has 0 amide bonds. The van der Waals surface area contributed by atoms with E-state index in [0.717, 1.165) is 18.6 Å². The van der Waals surface area contributed by atoms with Crippen LogP contribution in [0.5, 0.6) is 0 Å². The fourth-order valence-corrected chi connectivity index (χ4v) is 1.69. The average Bonchev–Trinajstić information content (AvgIpc) is 2.16. The minimum atomic E-state index is 0.706. The van der Waals surface area contributed by atoms with Crippen molar-refractivity contribution in [2.45, 2.75) is 32.6 Å². The SMILES string of the molecule is C=C/C(OCC)=C1/CCCCC1=C. The van der Waals surface area contributed by atoms with Crippen molar-refractivity contribution in [1.29, 1.82) is 0 Å². The summed E-state index contributed by atoms with van der Waals surface area (Å²) in [4.78, 5) is 0. The normalized spacial score (nSPS) is 21.2. The molecule has 1 aliphatic rings. The Bertz CT molecular complexity index is 236. The van der Waals surface area contributed by atoms with Crippen molar-refractivity contribution >= 4 is 0 Å². The van der Waals surface area contributed by atoms with E-state index in [1.807, 2.05) is 6.92 Å². The average molecular weight is 178 g/mol. The molecule has 1 aliphatic carbocycles. The Morgan fingerprint density at radius 3 is 2.69 bits per heavy atom. The quantitative estimate of drug-likeness (QED) is 0.600. The predicted octanol–water partition coefficient (Wildman–Crippen LogP) is 3.59. The molecule has 0 saturated heterocycles. The Labute approximate surface area is 80.8 Å². The molecule has 0 atom stereocenters. The molecule has 1 nitrogen and oxygen atoms in total. The van der Waals surface area contributed by atoms with Gasteiger partial charge in [-0.25, -0.2) is 0 Å². The summed E-state index contributed by atoms with van der Waals surface area (Å²) in [6.07, 6.45) is 6.52. The van der Waals surface area contributed by atoms with Gasteiger partial charge in [-0.2, -0.15) is 0 Å². The van der Waals surface area contributed by atoms with Gasteiger partial charge in [0.1, 0.15) is 5.76 Å². The number of allylic oxidation sites excluding steroid dienone is 3. The largest absolute Gasteiger partial charge is 0.494 e. The minimum Gasteiger partial charge on any atom is -0.494 e. The maximum Gasteiger partial charge on any atom is 0.122 e. The number of hydrogen-bond donors (Lipinski definition) is 0. The van der Waals surface area contributed by atoms with E-state index in [2.05, 4.69) is 13.2 Å². The summed E-state index contributed by atoms with van der Waals surface area (Å²) in [7, 11) is 0. The Kier molecular flexibility index (Phi) is 3.81. The molecule has 0 aromatic heterocycles. The second-order valence-corrected chi connectivity index (χ2v) is 3.29. The van der Waals surface area contributed by atoms with Crippen LogP contribution in [0.1, 0.15) is 32.6 Å². The zero-order valence-electron chi connectivity index (χ0n) is 8.44. The summed E-state index contributed by atoms with van der Waals surface area (Å²) in [6.45, 7) is 10.5. The first-order chi connectivity index (χ1) is 6.29. The van der Waals surface area contributed by atoms with Crippen molar-refractivity contribution in [3.63, 3.8) is 0 Å². The van der Waals surface area contributed by atoms with Crippen LogP contribution in [0.4, 0.5) is 0 Å². The molecule has 72 valence electrons. The van der Waals surface area contributed by atoms with Crippen molar-refractivity contribution in [1.82, 2.24) is 0 Å². The summed E-state index contributed by atoms with van der Waals surface area (Å²) in [5, 5.41) is 0.